The maximum absolute atomic E-state index is 12.7. The molecule has 2 unspecified atom stereocenters. The van der Waals surface area contributed by atoms with Crippen LogP contribution in [0.25, 0.3) is 0 Å². The molecule has 0 aromatic rings. The highest BCUT2D eigenvalue weighted by Gasteiger charge is 2.30. The number of carbonyl (C=O) groups is 2. The number of rotatable bonds is 9. The molecule has 2 atom stereocenters. The van der Waals surface area contributed by atoms with Crippen LogP contribution >= 0.6 is 34.0 Å². The normalized spacial score (nSPS) is 22.5. The molecule has 8 heteroatoms. The van der Waals surface area contributed by atoms with E-state index in [4.69, 9.17) is 0 Å². The second-order valence-electron chi connectivity index (χ2n) is 8.30. The van der Waals surface area contributed by atoms with Gasteiger partial charge in [-0.3, -0.25) is 9.59 Å². The Balaban J connectivity index is 0.00000420. The summed E-state index contributed by atoms with van der Waals surface area (Å²) < 4.78 is 0. The van der Waals surface area contributed by atoms with E-state index in [1.54, 1.807) is 0 Å². The standard InChI is InChI=1S/C22H42N4O2.2BrH/c1-5-25(6-2)21(27)19-11-9-13-23(17-19)15-16-24-14-10-12-20(18-24)22(28)26(7-3)8-4;;/h19-20H,5-18H2,1-4H3;2*1H. The third kappa shape index (κ3) is 8.40. The fraction of sp³-hybridized carbons (Fsp3) is 0.909. The van der Waals surface area contributed by atoms with Crippen molar-refractivity contribution in [3.05, 3.63) is 0 Å². The van der Waals surface area contributed by atoms with Gasteiger partial charge in [0.2, 0.25) is 11.8 Å². The van der Waals surface area contributed by atoms with Crippen molar-refractivity contribution >= 4 is 45.8 Å². The molecule has 0 saturated carbocycles. The number of hydrogen-bond donors (Lipinski definition) is 0. The van der Waals surface area contributed by atoms with Crippen molar-refractivity contribution in [2.24, 2.45) is 11.8 Å². The molecule has 0 spiro atoms. The number of piperidine rings is 2. The van der Waals surface area contributed by atoms with Crippen molar-refractivity contribution in [1.29, 1.82) is 0 Å². The first-order valence-electron chi connectivity index (χ1n) is 11.6. The van der Waals surface area contributed by atoms with Gasteiger partial charge in [-0.2, -0.15) is 0 Å². The molecule has 2 heterocycles. The molecule has 0 bridgehead atoms. The highest BCUT2D eigenvalue weighted by molar-refractivity contribution is 8.93. The van der Waals surface area contributed by atoms with Crippen molar-refractivity contribution in [1.82, 2.24) is 19.6 Å². The molecule has 0 aliphatic carbocycles. The molecule has 0 N–H and O–H groups in total. The number of halogens is 2. The van der Waals surface area contributed by atoms with Gasteiger partial charge in [0, 0.05) is 52.4 Å². The Bertz CT molecular complexity index is 458. The second kappa shape index (κ2) is 15.6. The van der Waals surface area contributed by atoms with Crippen molar-refractivity contribution in [2.45, 2.75) is 53.4 Å². The summed E-state index contributed by atoms with van der Waals surface area (Å²) in [5, 5.41) is 0. The first-order valence-corrected chi connectivity index (χ1v) is 11.6. The van der Waals surface area contributed by atoms with Gasteiger partial charge in [0.05, 0.1) is 11.8 Å². The lowest BCUT2D eigenvalue weighted by Crippen LogP contribution is -2.49. The smallest absolute Gasteiger partial charge is 0.226 e. The summed E-state index contributed by atoms with van der Waals surface area (Å²) >= 11 is 0. The number of amides is 2. The molecule has 2 amide bonds. The van der Waals surface area contributed by atoms with E-state index in [0.717, 1.165) is 91.1 Å². The Morgan fingerprint density at radius 2 is 1.03 bits per heavy atom. The molecular formula is C22H44Br2N4O2. The van der Waals surface area contributed by atoms with Gasteiger partial charge in [-0.1, -0.05) is 0 Å². The lowest BCUT2D eigenvalue weighted by Gasteiger charge is -2.38. The quantitative estimate of drug-likeness (QED) is 0.438. The SMILES string of the molecule is Br.Br.CCN(CC)C(=O)C1CCCN(CCN2CCCC(C(=O)N(CC)CC)C2)C1. The third-order valence-corrected chi connectivity index (χ3v) is 6.59. The summed E-state index contributed by atoms with van der Waals surface area (Å²) in [5.41, 5.74) is 0. The summed E-state index contributed by atoms with van der Waals surface area (Å²) in [5.74, 6) is 0.981. The van der Waals surface area contributed by atoms with Gasteiger partial charge in [0.1, 0.15) is 0 Å². The predicted octanol–water partition coefficient (Wildman–Crippen LogP) is 3.30. The van der Waals surface area contributed by atoms with Crippen LogP contribution < -0.4 is 0 Å². The van der Waals surface area contributed by atoms with E-state index in [2.05, 4.69) is 37.5 Å². The zero-order chi connectivity index (χ0) is 20.5. The van der Waals surface area contributed by atoms with Crippen LogP contribution in [0.1, 0.15) is 53.4 Å². The van der Waals surface area contributed by atoms with E-state index < -0.39 is 0 Å². The Hall–Kier alpha value is -0.180. The topological polar surface area (TPSA) is 47.1 Å². The lowest BCUT2D eigenvalue weighted by molar-refractivity contribution is -0.138. The van der Waals surface area contributed by atoms with E-state index >= 15 is 0 Å². The van der Waals surface area contributed by atoms with Crippen LogP contribution in [0.15, 0.2) is 0 Å². The summed E-state index contributed by atoms with van der Waals surface area (Å²) in [6.45, 7) is 17.5. The van der Waals surface area contributed by atoms with Crippen LogP contribution in [-0.2, 0) is 9.59 Å². The largest absolute Gasteiger partial charge is 0.343 e. The predicted molar refractivity (Wildman–Crippen MR) is 135 cm³/mol. The van der Waals surface area contributed by atoms with Crippen molar-refractivity contribution in [3.8, 4) is 0 Å². The number of likely N-dealkylation sites (tertiary alicyclic amines) is 2. The number of hydrogen-bond acceptors (Lipinski definition) is 4. The lowest BCUT2D eigenvalue weighted by atomic mass is 9.95. The summed E-state index contributed by atoms with van der Waals surface area (Å²) in [7, 11) is 0. The zero-order valence-corrected chi connectivity index (χ0v) is 22.9. The number of nitrogens with zero attached hydrogens (tertiary/aromatic N) is 4. The van der Waals surface area contributed by atoms with Crippen LogP contribution in [0.4, 0.5) is 0 Å². The minimum absolute atomic E-state index is 0. The zero-order valence-electron chi connectivity index (χ0n) is 19.5. The maximum atomic E-state index is 12.7. The van der Waals surface area contributed by atoms with Gasteiger partial charge >= 0.3 is 0 Å². The van der Waals surface area contributed by atoms with Gasteiger partial charge in [-0.15, -0.1) is 34.0 Å². The first kappa shape index (κ1) is 29.8. The average Bonchev–Trinajstić information content (AvgIpc) is 2.74. The second-order valence-corrected chi connectivity index (χ2v) is 8.30. The summed E-state index contributed by atoms with van der Waals surface area (Å²) in [4.78, 5) is 34.3. The van der Waals surface area contributed by atoms with Crippen LogP contribution in [-0.4, -0.2) is 96.9 Å². The molecule has 2 rings (SSSR count). The molecule has 2 saturated heterocycles. The van der Waals surface area contributed by atoms with Crippen LogP contribution in [0.2, 0.25) is 0 Å². The summed E-state index contributed by atoms with van der Waals surface area (Å²) in [6, 6.07) is 0. The minimum atomic E-state index is 0. The molecular weight excluding hydrogens is 512 g/mol. The molecule has 0 aromatic carbocycles. The van der Waals surface area contributed by atoms with E-state index in [1.807, 2.05) is 9.80 Å². The van der Waals surface area contributed by atoms with E-state index in [-0.39, 0.29) is 45.8 Å². The Labute approximate surface area is 205 Å². The fourth-order valence-electron chi connectivity index (χ4n) is 4.79. The molecule has 2 fully saturated rings. The minimum Gasteiger partial charge on any atom is -0.343 e. The summed E-state index contributed by atoms with van der Waals surface area (Å²) in [6.07, 6.45) is 4.27. The van der Waals surface area contributed by atoms with Crippen LogP contribution in [0.3, 0.4) is 0 Å². The van der Waals surface area contributed by atoms with Gasteiger partial charge < -0.3 is 19.6 Å². The van der Waals surface area contributed by atoms with Gasteiger partial charge in [0.15, 0.2) is 0 Å². The van der Waals surface area contributed by atoms with Crippen molar-refractivity contribution in [2.75, 3.05) is 65.4 Å². The highest BCUT2D eigenvalue weighted by atomic mass is 79.9. The van der Waals surface area contributed by atoms with Crippen molar-refractivity contribution < 1.29 is 9.59 Å². The maximum Gasteiger partial charge on any atom is 0.226 e. The van der Waals surface area contributed by atoms with Crippen LogP contribution in [0.5, 0.6) is 0 Å². The van der Waals surface area contributed by atoms with E-state index in [0.29, 0.717) is 11.8 Å². The molecule has 178 valence electrons. The first-order chi connectivity index (χ1) is 13.5. The van der Waals surface area contributed by atoms with Gasteiger partial charge in [-0.25, -0.2) is 0 Å². The molecule has 2 aliphatic heterocycles. The van der Waals surface area contributed by atoms with Gasteiger partial charge in [0.25, 0.3) is 0 Å². The fourth-order valence-corrected chi connectivity index (χ4v) is 4.79. The third-order valence-electron chi connectivity index (χ3n) is 6.59. The molecule has 30 heavy (non-hydrogen) atoms. The highest BCUT2D eigenvalue weighted by Crippen LogP contribution is 2.21. The number of carbonyl (C=O) groups excluding carboxylic acids is 2. The monoisotopic (exact) mass is 554 g/mol. The van der Waals surface area contributed by atoms with E-state index in [9.17, 15) is 9.59 Å². The van der Waals surface area contributed by atoms with Crippen LogP contribution in [0, 0.1) is 11.8 Å². The Morgan fingerprint density at radius 3 is 1.33 bits per heavy atom. The molecule has 0 aromatic heterocycles. The van der Waals surface area contributed by atoms with E-state index in [1.165, 1.54) is 0 Å². The molecule has 0 radical (unpaired) electrons. The Kier molecular flexibility index (Phi) is 15.5. The average molecular weight is 556 g/mol. The van der Waals surface area contributed by atoms with Crippen molar-refractivity contribution in [3.63, 3.8) is 0 Å². The Morgan fingerprint density at radius 1 is 0.700 bits per heavy atom. The van der Waals surface area contributed by atoms with Gasteiger partial charge in [-0.05, 0) is 66.5 Å². The molecule has 2 aliphatic rings. The molecule has 6 nitrogen and oxygen atoms in total.